The van der Waals surface area contributed by atoms with Crippen LogP contribution in [0.2, 0.25) is 0 Å². The van der Waals surface area contributed by atoms with Gasteiger partial charge >= 0.3 is 0 Å². The molecule has 4 aromatic rings. The molecule has 110 valence electrons. The van der Waals surface area contributed by atoms with Crippen molar-refractivity contribution in [1.29, 1.82) is 0 Å². The van der Waals surface area contributed by atoms with E-state index in [1.165, 1.54) is 16.3 Å². The van der Waals surface area contributed by atoms with E-state index in [1.807, 2.05) is 18.2 Å². The average Bonchev–Trinajstić information content (AvgIpc) is 3.11. The van der Waals surface area contributed by atoms with E-state index in [0.29, 0.717) is 17.8 Å². The Morgan fingerprint density at radius 3 is 2.22 bits per heavy atom. The van der Waals surface area contributed by atoms with Crippen molar-refractivity contribution in [3.63, 3.8) is 0 Å². The van der Waals surface area contributed by atoms with Gasteiger partial charge in [-0.15, -0.1) is 0 Å². The van der Waals surface area contributed by atoms with E-state index in [9.17, 15) is 4.79 Å². The third-order valence-corrected chi connectivity index (χ3v) is 4.01. The Labute approximate surface area is 134 Å². The monoisotopic (exact) mass is 298 g/mol. The number of hydrogen-bond acceptors (Lipinski definition) is 2. The minimum absolute atomic E-state index is 0.345. The molecule has 1 aromatic heterocycles. The predicted molar refractivity (Wildman–Crippen MR) is 92.5 cm³/mol. The van der Waals surface area contributed by atoms with E-state index >= 15 is 0 Å². The second-order valence-corrected chi connectivity index (χ2v) is 5.42. The largest absolute Gasteiger partial charge is 0.453 e. The molecule has 0 N–H and O–H groups in total. The molecule has 0 aliphatic heterocycles. The van der Waals surface area contributed by atoms with E-state index in [0.717, 1.165) is 11.1 Å². The molecule has 0 saturated heterocycles. The summed E-state index contributed by atoms with van der Waals surface area (Å²) in [7, 11) is 0. The summed E-state index contributed by atoms with van der Waals surface area (Å²) in [6.45, 7) is 0. The Bertz CT molecular complexity index is 973. The van der Waals surface area contributed by atoms with Gasteiger partial charge in [-0.25, -0.2) is 0 Å². The lowest BCUT2D eigenvalue weighted by molar-refractivity contribution is 0.110. The first-order chi connectivity index (χ1) is 11.3. The van der Waals surface area contributed by atoms with Crippen LogP contribution in [0, 0.1) is 0 Å². The van der Waals surface area contributed by atoms with Gasteiger partial charge in [-0.3, -0.25) is 4.79 Å². The van der Waals surface area contributed by atoms with Gasteiger partial charge in [-0.05, 0) is 34.0 Å². The Morgan fingerprint density at radius 2 is 1.43 bits per heavy atom. The maximum absolute atomic E-state index is 10.7. The van der Waals surface area contributed by atoms with E-state index in [2.05, 4.69) is 54.6 Å². The Balaban J connectivity index is 1.76. The first-order valence-electron chi connectivity index (χ1n) is 7.49. The van der Waals surface area contributed by atoms with Crippen molar-refractivity contribution in [2.24, 2.45) is 0 Å². The molecule has 0 amide bonds. The van der Waals surface area contributed by atoms with Crippen molar-refractivity contribution in [2.45, 2.75) is 0 Å². The van der Waals surface area contributed by atoms with Gasteiger partial charge < -0.3 is 4.42 Å². The number of carbonyl (C=O) groups excluding carboxylic acids is 1. The van der Waals surface area contributed by atoms with Gasteiger partial charge in [0.15, 0.2) is 12.0 Å². The lowest BCUT2D eigenvalue weighted by Gasteiger charge is -2.07. The van der Waals surface area contributed by atoms with E-state index in [4.69, 9.17) is 4.42 Å². The van der Waals surface area contributed by atoms with Gasteiger partial charge in [0.1, 0.15) is 5.76 Å². The molecule has 0 aliphatic carbocycles. The molecule has 0 bridgehead atoms. The fourth-order valence-electron chi connectivity index (χ4n) is 2.86. The van der Waals surface area contributed by atoms with E-state index in [-0.39, 0.29) is 0 Å². The summed E-state index contributed by atoms with van der Waals surface area (Å²) in [5, 5.41) is 2.47. The second-order valence-electron chi connectivity index (χ2n) is 5.42. The summed E-state index contributed by atoms with van der Waals surface area (Å²) in [6.07, 6.45) is 0.716. The topological polar surface area (TPSA) is 30.2 Å². The minimum atomic E-state index is 0.345. The Hall–Kier alpha value is -3.13. The molecule has 23 heavy (non-hydrogen) atoms. The van der Waals surface area contributed by atoms with Crippen molar-refractivity contribution in [2.75, 3.05) is 0 Å². The van der Waals surface area contributed by atoms with E-state index < -0.39 is 0 Å². The summed E-state index contributed by atoms with van der Waals surface area (Å²) in [6, 6.07) is 26.4. The molecular formula is C21H14O2. The van der Waals surface area contributed by atoms with Gasteiger partial charge in [-0.1, -0.05) is 66.7 Å². The number of furan rings is 1. The first kappa shape index (κ1) is 13.5. The quantitative estimate of drug-likeness (QED) is 0.462. The standard InChI is InChI=1S/C21H14O2/c22-14-18-12-13-21(23-18)17-10-8-16(9-11-17)20-7-3-5-15-4-1-2-6-19(15)20/h1-14H. The zero-order valence-electron chi connectivity index (χ0n) is 12.4. The van der Waals surface area contributed by atoms with Crippen molar-refractivity contribution in [1.82, 2.24) is 0 Å². The summed E-state index contributed by atoms with van der Waals surface area (Å²) < 4.78 is 5.47. The number of rotatable bonds is 3. The Morgan fingerprint density at radius 1 is 0.696 bits per heavy atom. The summed E-state index contributed by atoms with van der Waals surface area (Å²) in [4.78, 5) is 10.7. The number of fused-ring (bicyclic) bond motifs is 1. The number of aldehydes is 1. The van der Waals surface area contributed by atoms with Crippen molar-refractivity contribution in [3.8, 4) is 22.5 Å². The SMILES string of the molecule is O=Cc1ccc(-c2ccc(-c3cccc4ccccc34)cc2)o1. The molecule has 4 rings (SSSR count). The highest BCUT2D eigenvalue weighted by Gasteiger charge is 2.06. The van der Waals surface area contributed by atoms with Crippen LogP contribution in [0.4, 0.5) is 0 Å². The van der Waals surface area contributed by atoms with Crippen LogP contribution in [-0.4, -0.2) is 6.29 Å². The normalized spacial score (nSPS) is 10.8. The fourth-order valence-corrected chi connectivity index (χ4v) is 2.86. The highest BCUT2D eigenvalue weighted by atomic mass is 16.3. The molecule has 0 unspecified atom stereocenters. The molecule has 0 radical (unpaired) electrons. The van der Waals surface area contributed by atoms with Gasteiger partial charge in [0.05, 0.1) is 0 Å². The molecule has 2 heteroatoms. The van der Waals surface area contributed by atoms with Crippen LogP contribution in [0.25, 0.3) is 33.2 Å². The lowest BCUT2D eigenvalue weighted by Crippen LogP contribution is -1.82. The molecule has 0 aliphatic rings. The molecular weight excluding hydrogens is 284 g/mol. The van der Waals surface area contributed by atoms with Gasteiger partial charge in [0.2, 0.25) is 0 Å². The third-order valence-electron chi connectivity index (χ3n) is 4.01. The zero-order chi connectivity index (χ0) is 15.6. The smallest absolute Gasteiger partial charge is 0.185 e. The highest BCUT2D eigenvalue weighted by Crippen LogP contribution is 2.30. The number of benzene rings is 3. The molecule has 0 atom stereocenters. The third kappa shape index (κ3) is 2.44. The number of hydrogen-bond donors (Lipinski definition) is 0. The lowest BCUT2D eigenvalue weighted by atomic mass is 9.97. The molecule has 3 aromatic carbocycles. The zero-order valence-corrected chi connectivity index (χ0v) is 12.4. The van der Waals surface area contributed by atoms with Gasteiger partial charge in [-0.2, -0.15) is 0 Å². The van der Waals surface area contributed by atoms with Crippen LogP contribution in [-0.2, 0) is 0 Å². The van der Waals surface area contributed by atoms with Gasteiger partial charge in [0.25, 0.3) is 0 Å². The molecule has 0 fully saturated rings. The van der Waals surface area contributed by atoms with Crippen LogP contribution in [0.15, 0.2) is 83.3 Å². The van der Waals surface area contributed by atoms with Crippen LogP contribution in [0.1, 0.15) is 10.6 Å². The Kier molecular flexibility index (Phi) is 3.28. The van der Waals surface area contributed by atoms with Crippen molar-refractivity contribution < 1.29 is 9.21 Å². The van der Waals surface area contributed by atoms with E-state index in [1.54, 1.807) is 6.07 Å². The van der Waals surface area contributed by atoms with Crippen LogP contribution in [0.3, 0.4) is 0 Å². The fraction of sp³-hybridized carbons (Fsp3) is 0. The van der Waals surface area contributed by atoms with Crippen molar-refractivity contribution >= 4 is 17.1 Å². The molecule has 2 nitrogen and oxygen atoms in total. The van der Waals surface area contributed by atoms with Crippen LogP contribution in [0.5, 0.6) is 0 Å². The van der Waals surface area contributed by atoms with Gasteiger partial charge in [0, 0.05) is 5.56 Å². The summed E-state index contributed by atoms with van der Waals surface area (Å²) in [5.74, 6) is 1.05. The number of carbonyl (C=O) groups is 1. The molecule has 0 spiro atoms. The summed E-state index contributed by atoms with van der Waals surface area (Å²) >= 11 is 0. The van der Waals surface area contributed by atoms with Crippen LogP contribution < -0.4 is 0 Å². The maximum atomic E-state index is 10.7. The second kappa shape index (κ2) is 5.58. The van der Waals surface area contributed by atoms with Crippen molar-refractivity contribution in [3.05, 3.63) is 84.6 Å². The first-order valence-corrected chi connectivity index (χ1v) is 7.49. The predicted octanol–water partition coefficient (Wildman–Crippen LogP) is 5.58. The molecule has 0 saturated carbocycles. The van der Waals surface area contributed by atoms with Crippen LogP contribution >= 0.6 is 0 Å². The molecule has 1 heterocycles. The highest BCUT2D eigenvalue weighted by molar-refractivity contribution is 5.96. The maximum Gasteiger partial charge on any atom is 0.185 e. The average molecular weight is 298 g/mol. The summed E-state index contributed by atoms with van der Waals surface area (Å²) in [5.41, 5.74) is 3.33. The minimum Gasteiger partial charge on any atom is -0.453 e.